The Labute approximate surface area is 398 Å². The molecule has 0 radical (unpaired) electrons. The van der Waals surface area contributed by atoms with Gasteiger partial charge in [-0.1, -0.05) is 115 Å². The number of nitrogens with one attached hydrogen (secondary N) is 1. The summed E-state index contributed by atoms with van der Waals surface area (Å²) in [6.07, 6.45) is 26.7. The molecule has 0 aromatic heterocycles. The van der Waals surface area contributed by atoms with Crippen LogP contribution in [0.1, 0.15) is 198 Å². The first kappa shape index (κ1) is 58.7. The largest absolute Gasteiger partial charge is 0.343 e. The second-order valence-electron chi connectivity index (χ2n) is 21.0. The molecule has 4 aliphatic carbocycles. The van der Waals surface area contributed by atoms with Crippen LogP contribution in [0.25, 0.3) is 0 Å². The molecule has 10 heteroatoms. The molecule has 9 atom stereocenters. The van der Waals surface area contributed by atoms with Gasteiger partial charge in [-0.25, -0.2) is 0 Å². The van der Waals surface area contributed by atoms with E-state index in [1.807, 2.05) is 10.8 Å². The van der Waals surface area contributed by atoms with Crippen molar-refractivity contribution in [3.63, 3.8) is 0 Å². The number of nitrogens with two attached hydrogens (primary N) is 2. The number of hydrogen-bond acceptors (Lipinski definition) is 6. The fourth-order valence-electron chi connectivity index (χ4n) is 12.7. The van der Waals surface area contributed by atoms with Crippen LogP contribution in [0.5, 0.6) is 0 Å². The highest BCUT2D eigenvalue weighted by Gasteiger charge is 2.59. The van der Waals surface area contributed by atoms with E-state index in [1.165, 1.54) is 70.6 Å². The second kappa shape index (κ2) is 27.3. The third-order valence-corrected chi connectivity index (χ3v) is 20.7. The van der Waals surface area contributed by atoms with Gasteiger partial charge in [0.15, 0.2) is 0 Å². The van der Waals surface area contributed by atoms with Gasteiger partial charge in [0, 0.05) is 41.6 Å². The number of allylic oxidation sites excluding steroid dienone is 2. The summed E-state index contributed by atoms with van der Waals surface area (Å²) in [4.78, 5) is 15.8. The van der Waals surface area contributed by atoms with E-state index in [-0.39, 0.29) is 48.3 Å². The Bertz CT molecular complexity index is 1250. The molecule has 3 fully saturated rings. The van der Waals surface area contributed by atoms with Gasteiger partial charge in [-0.3, -0.25) is 4.79 Å². The summed E-state index contributed by atoms with van der Waals surface area (Å²) >= 11 is 0. The van der Waals surface area contributed by atoms with Crippen LogP contribution in [0.15, 0.2) is 11.6 Å². The molecule has 0 spiro atoms. The van der Waals surface area contributed by atoms with Gasteiger partial charge >= 0.3 is 0 Å². The average Bonchev–Trinajstić information content (AvgIpc) is 3.57. The minimum Gasteiger partial charge on any atom is -0.343 e. The molecule has 356 valence electrons. The van der Waals surface area contributed by atoms with E-state index >= 15 is 0 Å². The Morgan fingerprint density at radius 3 is 2.15 bits per heavy atom. The highest BCUT2D eigenvalue weighted by molar-refractivity contribution is 8.76. The standard InChI is InChI=1S/C50H94N4OS2.3ClH/c1-11-39(37(6)7)19-18-38(8)43-22-23-44-42-21-20-40-36-41(24-27-47(40,9)45(42)25-28-48(43,44)10)57-56-35-26-46(55)54(34-30-50(52,14-4)15-5)33-17-16-31-53-32-29-49(51,12-2)13-3;;;/h20,37-39,41-45,53H,11-19,21-36,51-52H2,1-10H3;3*1H/t38-,39-,41+,42+,43-,44+,45+,47+,48-;;;/m1.../s1. The molecule has 0 saturated heterocycles. The number of hydrogen-bond donors (Lipinski definition) is 3. The normalized spacial score (nSPS) is 28.6. The molecule has 5 N–H and O–H groups in total. The van der Waals surface area contributed by atoms with Gasteiger partial charge in [0.25, 0.3) is 0 Å². The first-order valence-corrected chi connectivity index (χ1v) is 27.0. The summed E-state index contributed by atoms with van der Waals surface area (Å²) in [6, 6.07) is 0. The lowest BCUT2D eigenvalue weighted by Gasteiger charge is -2.58. The molecule has 0 bridgehead atoms. The van der Waals surface area contributed by atoms with Crippen molar-refractivity contribution in [1.29, 1.82) is 0 Å². The highest BCUT2D eigenvalue weighted by Crippen LogP contribution is 2.68. The summed E-state index contributed by atoms with van der Waals surface area (Å²) in [5, 5.41) is 4.29. The summed E-state index contributed by atoms with van der Waals surface area (Å²) < 4.78 is 0. The van der Waals surface area contributed by atoms with Gasteiger partial charge in [-0.2, -0.15) is 0 Å². The van der Waals surface area contributed by atoms with Crippen LogP contribution in [0.3, 0.4) is 0 Å². The molecule has 1 amide bonds. The van der Waals surface area contributed by atoms with Crippen molar-refractivity contribution in [1.82, 2.24) is 10.2 Å². The second-order valence-corrected chi connectivity index (χ2v) is 23.8. The zero-order chi connectivity index (χ0) is 41.9. The molecule has 3 saturated carbocycles. The van der Waals surface area contributed by atoms with Gasteiger partial charge in [0.1, 0.15) is 0 Å². The van der Waals surface area contributed by atoms with Crippen LogP contribution in [0.2, 0.25) is 0 Å². The van der Waals surface area contributed by atoms with Gasteiger partial charge in [0.05, 0.1) is 0 Å². The van der Waals surface area contributed by atoms with Crippen molar-refractivity contribution < 1.29 is 4.79 Å². The summed E-state index contributed by atoms with van der Waals surface area (Å²) in [5.74, 6) is 7.43. The van der Waals surface area contributed by atoms with Gasteiger partial charge in [-0.05, 0) is 174 Å². The number of fused-ring (bicyclic) bond motifs is 5. The number of nitrogens with zero attached hydrogens (tertiary/aromatic N) is 1. The number of carbonyl (C=O) groups is 1. The molecule has 0 aliphatic heterocycles. The molecule has 5 nitrogen and oxygen atoms in total. The van der Waals surface area contributed by atoms with E-state index in [4.69, 9.17) is 11.5 Å². The van der Waals surface area contributed by atoms with Gasteiger partial charge in [-0.15, -0.1) is 37.2 Å². The number of unbranched alkanes of at least 4 members (excludes halogenated alkanes) is 1. The van der Waals surface area contributed by atoms with Crippen LogP contribution in [0.4, 0.5) is 0 Å². The van der Waals surface area contributed by atoms with Crippen LogP contribution < -0.4 is 16.8 Å². The van der Waals surface area contributed by atoms with Crippen molar-refractivity contribution in [2.75, 3.05) is 31.9 Å². The molecule has 4 aliphatic rings. The van der Waals surface area contributed by atoms with Crippen molar-refractivity contribution >= 4 is 64.7 Å². The lowest BCUT2D eigenvalue weighted by Crippen LogP contribution is -2.50. The zero-order valence-corrected chi connectivity index (χ0v) is 44.5. The third-order valence-electron chi connectivity index (χ3n) is 17.8. The maximum atomic E-state index is 13.7. The first-order valence-electron chi connectivity index (χ1n) is 24.7. The molecule has 0 aromatic carbocycles. The SMILES string of the molecule is CC[C@H](CC[C@@H](C)[C@H]1CC[C@H]2[C@@H]3CC=C4C[C@@H](SSCCC(=O)N(CCCCNCCC(N)(CC)CC)CCC(N)(CC)CC)CC[C@]4(C)[C@H]3CC[C@]12C)C(C)C.Cl.Cl.Cl. The van der Waals surface area contributed by atoms with Crippen LogP contribution >= 0.6 is 58.8 Å². The van der Waals surface area contributed by atoms with Crippen LogP contribution in [0, 0.1) is 52.3 Å². The highest BCUT2D eigenvalue weighted by atomic mass is 35.5. The lowest BCUT2D eigenvalue weighted by molar-refractivity contribution is -0.131. The minimum absolute atomic E-state index is 0. The molecule has 4 rings (SSSR count). The van der Waals surface area contributed by atoms with E-state index in [1.54, 1.807) is 5.57 Å². The Kier molecular flexibility index (Phi) is 26.7. The molecule has 0 heterocycles. The number of rotatable bonds is 26. The van der Waals surface area contributed by atoms with Crippen LogP contribution in [-0.4, -0.2) is 59.1 Å². The Balaban J connectivity index is 0.00000600. The average molecular weight is 941 g/mol. The van der Waals surface area contributed by atoms with Crippen molar-refractivity contribution in [3.8, 4) is 0 Å². The maximum absolute atomic E-state index is 13.7. The predicted molar refractivity (Wildman–Crippen MR) is 275 cm³/mol. The molecule has 0 unspecified atom stereocenters. The Hall–Kier alpha value is 0.660. The zero-order valence-electron chi connectivity index (χ0n) is 40.4. The molecular formula is C50H97Cl3N4OS2. The Morgan fingerprint density at radius 2 is 1.52 bits per heavy atom. The first-order chi connectivity index (χ1) is 27.1. The molecule has 60 heavy (non-hydrogen) atoms. The summed E-state index contributed by atoms with van der Waals surface area (Å²) in [5.41, 5.74) is 15.7. The smallest absolute Gasteiger partial charge is 0.223 e. The number of carbonyl (C=O) groups excluding carboxylic acids is 1. The summed E-state index contributed by atoms with van der Waals surface area (Å²) in [6.45, 7) is 27.6. The van der Waals surface area contributed by atoms with E-state index in [9.17, 15) is 4.79 Å². The lowest BCUT2D eigenvalue weighted by atomic mass is 9.47. The maximum Gasteiger partial charge on any atom is 0.223 e. The quantitative estimate of drug-likeness (QED) is 0.0455. The van der Waals surface area contributed by atoms with Gasteiger partial charge < -0.3 is 21.7 Å². The van der Waals surface area contributed by atoms with Crippen molar-refractivity contribution in [2.24, 2.45) is 63.7 Å². The summed E-state index contributed by atoms with van der Waals surface area (Å²) in [7, 11) is 4.05. The fraction of sp³-hybridized carbons (Fsp3) is 0.940. The van der Waals surface area contributed by atoms with Crippen molar-refractivity contribution in [2.45, 2.75) is 214 Å². The Morgan fingerprint density at radius 1 is 0.850 bits per heavy atom. The fourth-order valence-corrected chi connectivity index (χ4v) is 15.4. The van der Waals surface area contributed by atoms with E-state index < -0.39 is 0 Å². The number of halogens is 3. The molecular weight excluding hydrogens is 843 g/mol. The predicted octanol–water partition coefficient (Wildman–Crippen LogP) is 14.1. The molecule has 0 aromatic rings. The van der Waals surface area contributed by atoms with E-state index in [2.05, 4.69) is 96.3 Å². The third kappa shape index (κ3) is 15.1. The van der Waals surface area contributed by atoms with E-state index in [0.717, 1.165) is 125 Å². The minimum atomic E-state index is -0.178. The topological polar surface area (TPSA) is 84.4 Å². The number of amides is 1. The van der Waals surface area contributed by atoms with Crippen LogP contribution in [-0.2, 0) is 4.79 Å². The van der Waals surface area contributed by atoms with Gasteiger partial charge in [0.2, 0.25) is 5.91 Å². The van der Waals surface area contributed by atoms with Crippen molar-refractivity contribution in [3.05, 3.63) is 11.6 Å². The monoisotopic (exact) mass is 939 g/mol. The van der Waals surface area contributed by atoms with E-state index in [0.29, 0.717) is 28.4 Å².